The average molecular weight is 218 g/mol. The van der Waals surface area contributed by atoms with Gasteiger partial charge in [-0.15, -0.1) is 0 Å². The van der Waals surface area contributed by atoms with Crippen LogP contribution < -0.4 is 0 Å². The summed E-state index contributed by atoms with van der Waals surface area (Å²) in [6, 6.07) is 0. The van der Waals surface area contributed by atoms with E-state index in [1.807, 2.05) is 20.8 Å². The lowest BCUT2D eigenvalue weighted by atomic mass is 10.0. The van der Waals surface area contributed by atoms with Crippen LogP contribution in [0.4, 0.5) is 0 Å². The van der Waals surface area contributed by atoms with Gasteiger partial charge in [0, 0.05) is 7.11 Å². The molecule has 0 bridgehead atoms. The van der Waals surface area contributed by atoms with E-state index in [-0.39, 0.29) is 18.3 Å². The average Bonchev–Trinajstić information content (AvgIpc) is 2.48. The van der Waals surface area contributed by atoms with Gasteiger partial charge in [-0.25, -0.2) is 0 Å². The Labute approximate surface area is 89.3 Å². The lowest BCUT2D eigenvalue weighted by molar-refractivity contribution is -0.265. The summed E-state index contributed by atoms with van der Waals surface area (Å²) in [5.74, 6) is -0.670. The van der Waals surface area contributed by atoms with Gasteiger partial charge in [0.2, 0.25) is 0 Å². The van der Waals surface area contributed by atoms with Crippen LogP contribution in [0.3, 0.4) is 0 Å². The van der Waals surface area contributed by atoms with Crippen LogP contribution in [0.25, 0.3) is 0 Å². The molecule has 0 spiro atoms. The van der Waals surface area contributed by atoms with Gasteiger partial charge in [-0.2, -0.15) is 0 Å². The van der Waals surface area contributed by atoms with Crippen molar-refractivity contribution in [3.05, 3.63) is 0 Å². The van der Waals surface area contributed by atoms with Gasteiger partial charge in [0.05, 0.1) is 6.10 Å². The first-order valence-corrected chi connectivity index (χ1v) is 5.16. The van der Waals surface area contributed by atoms with Crippen LogP contribution in [0.15, 0.2) is 0 Å². The van der Waals surface area contributed by atoms with Crippen LogP contribution in [0.2, 0.25) is 0 Å². The predicted octanol–water partition coefficient (Wildman–Crippen LogP) is 0.259. The summed E-state index contributed by atoms with van der Waals surface area (Å²) >= 11 is 0. The fourth-order valence-corrected chi connectivity index (χ4v) is 2.16. The molecule has 0 aliphatic carbocycles. The Morgan fingerprint density at radius 1 is 1.20 bits per heavy atom. The molecule has 0 radical (unpaired) electrons. The van der Waals surface area contributed by atoms with Crippen molar-refractivity contribution in [3.8, 4) is 0 Å². The summed E-state index contributed by atoms with van der Waals surface area (Å²) in [7, 11) is 1.50. The van der Waals surface area contributed by atoms with Crippen LogP contribution in [0, 0.1) is 0 Å². The quantitative estimate of drug-likeness (QED) is 0.684. The summed E-state index contributed by atoms with van der Waals surface area (Å²) in [4.78, 5) is 0. The molecule has 2 saturated heterocycles. The smallest absolute Gasteiger partial charge is 0.186 e. The summed E-state index contributed by atoms with van der Waals surface area (Å²) in [5, 5.41) is 9.93. The molecule has 15 heavy (non-hydrogen) atoms. The Morgan fingerprint density at radius 2 is 1.80 bits per heavy atom. The monoisotopic (exact) mass is 218 g/mol. The van der Waals surface area contributed by atoms with E-state index >= 15 is 0 Å². The Kier molecular flexibility index (Phi) is 2.77. The number of aliphatic hydroxyl groups excluding tert-OH is 1. The van der Waals surface area contributed by atoms with E-state index in [2.05, 4.69) is 0 Å². The third-order valence-corrected chi connectivity index (χ3v) is 2.82. The minimum atomic E-state index is -0.807. The van der Waals surface area contributed by atoms with Crippen molar-refractivity contribution in [2.24, 2.45) is 0 Å². The van der Waals surface area contributed by atoms with Crippen LogP contribution in [-0.2, 0) is 18.9 Å². The molecule has 0 aromatic rings. The molecule has 5 atom stereocenters. The van der Waals surface area contributed by atoms with E-state index in [0.29, 0.717) is 0 Å². The molecular weight excluding hydrogens is 200 g/mol. The molecular formula is C10H18O5. The molecule has 2 aliphatic heterocycles. The first kappa shape index (κ1) is 11.3. The molecule has 0 saturated carbocycles. The maximum Gasteiger partial charge on any atom is 0.186 e. The van der Waals surface area contributed by atoms with Crippen molar-refractivity contribution in [3.63, 3.8) is 0 Å². The number of methoxy groups -OCH3 is 1. The molecule has 2 aliphatic rings. The first-order chi connectivity index (χ1) is 6.94. The van der Waals surface area contributed by atoms with Crippen LogP contribution in [-0.4, -0.2) is 48.7 Å². The minimum absolute atomic E-state index is 0.148. The third-order valence-electron chi connectivity index (χ3n) is 2.82. The Morgan fingerprint density at radius 3 is 2.40 bits per heavy atom. The Bertz CT molecular complexity index is 242. The molecule has 5 heteroatoms. The van der Waals surface area contributed by atoms with Gasteiger partial charge < -0.3 is 24.1 Å². The SMILES string of the molecule is CO[C@H]1O[C@H](C)[C@@H]2OC(C)(C)O[C@@H]2[C@@H]1O. The maximum atomic E-state index is 9.93. The second kappa shape index (κ2) is 3.68. The van der Waals surface area contributed by atoms with Crippen molar-refractivity contribution in [2.75, 3.05) is 7.11 Å². The molecule has 0 amide bonds. The molecule has 0 unspecified atom stereocenters. The van der Waals surface area contributed by atoms with Crippen molar-refractivity contribution in [1.82, 2.24) is 0 Å². The second-order valence-corrected chi connectivity index (χ2v) is 4.50. The molecule has 0 aromatic carbocycles. The van der Waals surface area contributed by atoms with Gasteiger partial charge in [0.25, 0.3) is 0 Å². The Hall–Kier alpha value is -0.200. The van der Waals surface area contributed by atoms with Gasteiger partial charge in [0.15, 0.2) is 12.1 Å². The molecule has 0 aromatic heterocycles. The summed E-state index contributed by atoms with van der Waals surface area (Å²) < 4.78 is 21.8. The van der Waals surface area contributed by atoms with E-state index in [4.69, 9.17) is 18.9 Å². The maximum absolute atomic E-state index is 9.93. The minimum Gasteiger partial charge on any atom is -0.385 e. The van der Waals surface area contributed by atoms with E-state index in [9.17, 15) is 5.11 Å². The zero-order valence-electron chi connectivity index (χ0n) is 9.47. The van der Waals surface area contributed by atoms with Crippen LogP contribution in [0.1, 0.15) is 20.8 Å². The molecule has 1 N–H and O–H groups in total. The van der Waals surface area contributed by atoms with Crippen molar-refractivity contribution in [1.29, 1.82) is 0 Å². The second-order valence-electron chi connectivity index (χ2n) is 4.50. The highest BCUT2D eigenvalue weighted by molar-refractivity contribution is 4.94. The van der Waals surface area contributed by atoms with Gasteiger partial charge >= 0.3 is 0 Å². The molecule has 5 nitrogen and oxygen atoms in total. The van der Waals surface area contributed by atoms with Gasteiger partial charge in [-0.1, -0.05) is 0 Å². The standard InChI is InChI=1S/C10H18O5/c1-5-7-8(15-10(2,3)14-7)6(11)9(12-4)13-5/h5-9,11H,1-4H3/t5-,6+,7+,8-,9+/m1/s1. The van der Waals surface area contributed by atoms with Crippen molar-refractivity contribution < 1.29 is 24.1 Å². The largest absolute Gasteiger partial charge is 0.385 e. The first-order valence-electron chi connectivity index (χ1n) is 5.16. The fourth-order valence-electron chi connectivity index (χ4n) is 2.16. The Balaban J connectivity index is 2.16. The number of fused-ring (bicyclic) bond motifs is 1. The summed E-state index contributed by atoms with van der Waals surface area (Å²) in [6.07, 6.45) is -2.21. The van der Waals surface area contributed by atoms with Crippen molar-refractivity contribution in [2.45, 2.75) is 57.3 Å². The zero-order chi connectivity index (χ0) is 11.2. The van der Waals surface area contributed by atoms with Gasteiger partial charge in [0.1, 0.15) is 18.3 Å². The molecule has 88 valence electrons. The number of hydrogen-bond acceptors (Lipinski definition) is 5. The summed E-state index contributed by atoms with van der Waals surface area (Å²) in [6.45, 7) is 5.54. The summed E-state index contributed by atoms with van der Waals surface area (Å²) in [5.41, 5.74) is 0. The predicted molar refractivity (Wildman–Crippen MR) is 51.2 cm³/mol. The molecule has 2 heterocycles. The van der Waals surface area contributed by atoms with E-state index in [0.717, 1.165) is 0 Å². The van der Waals surface area contributed by atoms with Gasteiger partial charge in [-0.05, 0) is 20.8 Å². The molecule has 2 rings (SSSR count). The van der Waals surface area contributed by atoms with E-state index in [1.165, 1.54) is 7.11 Å². The number of aliphatic hydroxyl groups is 1. The van der Waals surface area contributed by atoms with E-state index < -0.39 is 18.2 Å². The highest BCUT2D eigenvalue weighted by Gasteiger charge is 2.53. The highest BCUT2D eigenvalue weighted by atomic mass is 16.8. The topological polar surface area (TPSA) is 57.2 Å². The number of hydrogen-bond donors (Lipinski definition) is 1. The lowest BCUT2D eigenvalue weighted by Gasteiger charge is -2.37. The molecule has 2 fully saturated rings. The van der Waals surface area contributed by atoms with E-state index in [1.54, 1.807) is 0 Å². The zero-order valence-corrected chi connectivity index (χ0v) is 9.47. The highest BCUT2D eigenvalue weighted by Crippen LogP contribution is 2.37. The van der Waals surface area contributed by atoms with Crippen LogP contribution >= 0.6 is 0 Å². The normalized spacial score (nSPS) is 49.0. The lowest BCUT2D eigenvalue weighted by Crippen LogP contribution is -2.55. The van der Waals surface area contributed by atoms with Crippen LogP contribution in [0.5, 0.6) is 0 Å². The third kappa shape index (κ3) is 1.90. The fraction of sp³-hybridized carbons (Fsp3) is 1.00. The van der Waals surface area contributed by atoms with Crippen molar-refractivity contribution >= 4 is 0 Å². The number of rotatable bonds is 1. The number of ether oxygens (including phenoxy) is 4. The van der Waals surface area contributed by atoms with Gasteiger partial charge in [-0.3, -0.25) is 0 Å².